The van der Waals surface area contributed by atoms with E-state index in [1.54, 1.807) is 18.9 Å². The van der Waals surface area contributed by atoms with Gasteiger partial charge in [-0.15, -0.1) is 5.10 Å². The number of rotatable bonds is 7. The monoisotopic (exact) mass is 446 g/mol. The smallest absolute Gasteiger partial charge is 0.225 e. The molecule has 0 radical (unpaired) electrons. The third kappa shape index (κ3) is 4.14. The Balaban J connectivity index is 1.62. The van der Waals surface area contributed by atoms with Crippen LogP contribution >= 0.6 is 0 Å². The normalized spacial score (nSPS) is 15.6. The van der Waals surface area contributed by atoms with Gasteiger partial charge in [0.25, 0.3) is 0 Å². The minimum absolute atomic E-state index is 0.159. The third-order valence-electron chi connectivity index (χ3n) is 5.74. The highest BCUT2D eigenvalue weighted by molar-refractivity contribution is 5.99. The number of nitrogens with two attached hydrogens (primary N) is 1. The molecule has 1 fully saturated rings. The van der Waals surface area contributed by atoms with Crippen molar-refractivity contribution in [3.8, 4) is 28.4 Å². The van der Waals surface area contributed by atoms with E-state index >= 15 is 0 Å². The average molecular weight is 447 g/mol. The van der Waals surface area contributed by atoms with Crippen molar-refractivity contribution in [3.05, 3.63) is 48.5 Å². The van der Waals surface area contributed by atoms with Crippen LogP contribution in [0, 0.1) is 0 Å². The molecule has 0 aliphatic carbocycles. The lowest BCUT2D eigenvalue weighted by molar-refractivity contribution is 0.120. The van der Waals surface area contributed by atoms with Crippen LogP contribution < -0.4 is 20.5 Å². The minimum atomic E-state index is 0.159. The number of hydrogen-bond acceptors (Lipinski definition) is 8. The van der Waals surface area contributed by atoms with Gasteiger partial charge in [-0.3, -0.25) is 0 Å². The molecule has 0 saturated carbocycles. The van der Waals surface area contributed by atoms with Gasteiger partial charge in [0.2, 0.25) is 5.95 Å². The number of benzene rings is 2. The summed E-state index contributed by atoms with van der Waals surface area (Å²) in [5, 5.41) is 8.70. The van der Waals surface area contributed by atoms with Gasteiger partial charge in [-0.25, -0.2) is 9.67 Å². The number of nitrogens with one attached hydrogen (secondary N) is 1. The van der Waals surface area contributed by atoms with Crippen molar-refractivity contribution in [1.82, 2.24) is 19.7 Å². The maximum Gasteiger partial charge on any atom is 0.225 e. The van der Waals surface area contributed by atoms with Crippen molar-refractivity contribution < 1.29 is 14.2 Å². The first kappa shape index (κ1) is 21.0. The number of fused-ring (bicyclic) bond motifs is 1. The molecule has 2 aromatic carbocycles. The molecule has 3 heterocycles. The summed E-state index contributed by atoms with van der Waals surface area (Å²) >= 11 is 0. The van der Waals surface area contributed by atoms with Crippen molar-refractivity contribution in [3.63, 3.8) is 0 Å². The summed E-state index contributed by atoms with van der Waals surface area (Å²) in [5.74, 6) is 2.43. The largest absolute Gasteiger partial charge is 0.497 e. The standard InChI is InChI=1S/C24H26N6O3/c1-31-17-10-8-16(9-11-17)30-22(25)20-21(15-5-3-6-18(13-15)32-2)27-24(28-23(20)29-30)26-14-19-7-4-12-33-19/h3,5-6,8-11,13,19H,4,7,12,14,25H2,1-2H3,(H,26,28,29)/t19-/m1/s1. The van der Waals surface area contributed by atoms with Crippen LogP contribution in [0.25, 0.3) is 28.0 Å². The summed E-state index contributed by atoms with van der Waals surface area (Å²) in [7, 11) is 3.27. The van der Waals surface area contributed by atoms with Crippen molar-refractivity contribution in [1.29, 1.82) is 0 Å². The van der Waals surface area contributed by atoms with Crippen molar-refractivity contribution in [2.45, 2.75) is 18.9 Å². The van der Waals surface area contributed by atoms with E-state index in [0.29, 0.717) is 35.0 Å². The molecular formula is C24H26N6O3. The fourth-order valence-corrected chi connectivity index (χ4v) is 4.00. The molecule has 0 amide bonds. The lowest BCUT2D eigenvalue weighted by atomic mass is 10.1. The van der Waals surface area contributed by atoms with E-state index in [0.717, 1.165) is 42.2 Å². The van der Waals surface area contributed by atoms with E-state index < -0.39 is 0 Å². The first-order valence-electron chi connectivity index (χ1n) is 10.9. The Labute approximate surface area is 191 Å². The van der Waals surface area contributed by atoms with Gasteiger partial charge in [0.15, 0.2) is 5.65 Å². The molecule has 1 aliphatic rings. The highest BCUT2D eigenvalue weighted by atomic mass is 16.5. The van der Waals surface area contributed by atoms with Gasteiger partial charge in [-0.2, -0.15) is 4.98 Å². The first-order chi connectivity index (χ1) is 16.2. The van der Waals surface area contributed by atoms with Crippen LogP contribution in [0.3, 0.4) is 0 Å². The molecule has 33 heavy (non-hydrogen) atoms. The summed E-state index contributed by atoms with van der Waals surface area (Å²) in [6.07, 6.45) is 2.26. The summed E-state index contributed by atoms with van der Waals surface area (Å²) < 4.78 is 18.1. The van der Waals surface area contributed by atoms with Gasteiger partial charge in [0.1, 0.15) is 17.3 Å². The van der Waals surface area contributed by atoms with Crippen LogP contribution in [0.4, 0.5) is 11.8 Å². The van der Waals surface area contributed by atoms with Gasteiger partial charge in [0.05, 0.1) is 37.1 Å². The first-order valence-corrected chi connectivity index (χ1v) is 10.9. The van der Waals surface area contributed by atoms with Gasteiger partial charge in [-0.05, 0) is 49.2 Å². The quantitative estimate of drug-likeness (QED) is 0.443. The van der Waals surface area contributed by atoms with E-state index in [4.69, 9.17) is 30.0 Å². The van der Waals surface area contributed by atoms with E-state index in [2.05, 4.69) is 10.3 Å². The van der Waals surface area contributed by atoms with Crippen molar-refractivity contribution in [2.24, 2.45) is 0 Å². The van der Waals surface area contributed by atoms with Crippen LogP contribution in [-0.4, -0.2) is 53.2 Å². The Morgan fingerprint density at radius 1 is 1.09 bits per heavy atom. The summed E-state index contributed by atoms with van der Waals surface area (Å²) in [6, 6.07) is 15.2. The molecule has 0 unspecified atom stereocenters. The lowest BCUT2D eigenvalue weighted by Gasteiger charge is -2.12. The molecule has 3 N–H and O–H groups in total. The molecule has 0 spiro atoms. The molecule has 5 rings (SSSR count). The fraction of sp³-hybridized carbons (Fsp3) is 0.292. The number of anilines is 2. The van der Waals surface area contributed by atoms with Gasteiger partial charge >= 0.3 is 0 Å². The molecule has 1 saturated heterocycles. The number of aromatic nitrogens is 4. The van der Waals surface area contributed by atoms with E-state index in [-0.39, 0.29) is 6.10 Å². The predicted molar refractivity (Wildman–Crippen MR) is 127 cm³/mol. The van der Waals surface area contributed by atoms with Crippen LogP contribution in [0.2, 0.25) is 0 Å². The lowest BCUT2D eigenvalue weighted by Crippen LogP contribution is -2.19. The molecule has 1 aliphatic heterocycles. The van der Waals surface area contributed by atoms with Gasteiger partial charge < -0.3 is 25.3 Å². The van der Waals surface area contributed by atoms with E-state index in [9.17, 15) is 0 Å². The molecular weight excluding hydrogens is 420 g/mol. The van der Waals surface area contributed by atoms with Gasteiger partial charge in [0, 0.05) is 18.7 Å². The molecule has 170 valence electrons. The number of methoxy groups -OCH3 is 2. The molecule has 0 bridgehead atoms. The number of ether oxygens (including phenoxy) is 3. The second-order valence-corrected chi connectivity index (χ2v) is 7.84. The molecule has 1 atom stereocenters. The Morgan fingerprint density at radius 2 is 1.91 bits per heavy atom. The van der Waals surface area contributed by atoms with Crippen LogP contribution in [0.1, 0.15) is 12.8 Å². The third-order valence-corrected chi connectivity index (χ3v) is 5.74. The fourth-order valence-electron chi connectivity index (χ4n) is 4.00. The Bertz CT molecular complexity index is 1270. The zero-order valence-corrected chi connectivity index (χ0v) is 18.6. The topological polar surface area (TPSA) is 109 Å². The zero-order valence-electron chi connectivity index (χ0n) is 18.6. The summed E-state index contributed by atoms with van der Waals surface area (Å²) in [4.78, 5) is 9.48. The Hall–Kier alpha value is -3.85. The van der Waals surface area contributed by atoms with E-state index in [1.807, 2.05) is 48.5 Å². The van der Waals surface area contributed by atoms with Crippen LogP contribution in [-0.2, 0) is 4.74 Å². The molecule has 9 nitrogen and oxygen atoms in total. The maximum atomic E-state index is 6.59. The Morgan fingerprint density at radius 3 is 2.64 bits per heavy atom. The SMILES string of the molecule is COc1ccc(-n2nc3nc(NC[C@H]4CCCO4)nc(-c4cccc(OC)c4)c3c2N)cc1. The number of hydrogen-bond donors (Lipinski definition) is 2. The number of nitrogens with zero attached hydrogens (tertiary/aromatic N) is 4. The summed E-state index contributed by atoms with van der Waals surface area (Å²) in [6.45, 7) is 1.43. The maximum absolute atomic E-state index is 6.59. The Kier molecular flexibility index (Phi) is 5.70. The highest BCUT2D eigenvalue weighted by Crippen LogP contribution is 2.34. The van der Waals surface area contributed by atoms with Crippen LogP contribution in [0.5, 0.6) is 11.5 Å². The number of nitrogen functional groups attached to an aromatic ring is 1. The zero-order chi connectivity index (χ0) is 22.8. The minimum Gasteiger partial charge on any atom is -0.497 e. The summed E-state index contributed by atoms with van der Waals surface area (Å²) in [5.41, 5.74) is 9.45. The molecule has 4 aromatic rings. The second kappa shape index (κ2) is 8.95. The predicted octanol–water partition coefficient (Wildman–Crippen LogP) is 3.67. The van der Waals surface area contributed by atoms with Crippen molar-refractivity contribution in [2.75, 3.05) is 38.4 Å². The molecule has 9 heteroatoms. The molecule has 2 aromatic heterocycles. The van der Waals surface area contributed by atoms with Gasteiger partial charge in [-0.1, -0.05) is 12.1 Å². The average Bonchev–Trinajstić information content (AvgIpc) is 3.50. The van der Waals surface area contributed by atoms with E-state index in [1.165, 1.54) is 0 Å². The van der Waals surface area contributed by atoms with Crippen molar-refractivity contribution >= 4 is 22.8 Å². The van der Waals surface area contributed by atoms with Crippen LogP contribution in [0.15, 0.2) is 48.5 Å². The highest BCUT2D eigenvalue weighted by Gasteiger charge is 2.21. The second-order valence-electron chi connectivity index (χ2n) is 7.84.